The zero-order chi connectivity index (χ0) is 21.1. The molecule has 0 saturated carbocycles. The van der Waals surface area contributed by atoms with Gasteiger partial charge < -0.3 is 19.5 Å². The lowest BCUT2D eigenvalue weighted by molar-refractivity contribution is 0.102. The van der Waals surface area contributed by atoms with Gasteiger partial charge in [0, 0.05) is 28.9 Å². The van der Waals surface area contributed by atoms with E-state index in [1.54, 1.807) is 29.5 Å². The number of amides is 1. The van der Waals surface area contributed by atoms with E-state index >= 15 is 0 Å². The lowest BCUT2D eigenvalue weighted by atomic mass is 10.2. The maximum Gasteiger partial charge on any atom is 0.255 e. The van der Waals surface area contributed by atoms with Gasteiger partial charge in [-0.2, -0.15) is 0 Å². The Labute approximate surface area is 178 Å². The number of rotatable bonds is 6. The summed E-state index contributed by atoms with van der Waals surface area (Å²) in [5, 5.41) is 3.82. The highest BCUT2D eigenvalue weighted by molar-refractivity contribution is 7.21. The molecule has 4 rings (SSSR count). The van der Waals surface area contributed by atoms with Gasteiger partial charge in [0.25, 0.3) is 5.91 Å². The van der Waals surface area contributed by atoms with E-state index in [9.17, 15) is 4.79 Å². The summed E-state index contributed by atoms with van der Waals surface area (Å²) >= 11 is 1.56. The molecule has 0 atom stereocenters. The van der Waals surface area contributed by atoms with E-state index in [0.717, 1.165) is 20.8 Å². The average Bonchev–Trinajstić information content (AvgIpc) is 3.22. The fourth-order valence-corrected chi connectivity index (χ4v) is 4.14. The zero-order valence-electron chi connectivity index (χ0n) is 16.8. The van der Waals surface area contributed by atoms with Gasteiger partial charge in [0.2, 0.25) is 5.75 Å². The van der Waals surface area contributed by atoms with Crippen LogP contribution in [0.2, 0.25) is 0 Å². The van der Waals surface area contributed by atoms with Crippen LogP contribution in [0.1, 0.15) is 10.4 Å². The van der Waals surface area contributed by atoms with Crippen LogP contribution in [0.5, 0.6) is 17.2 Å². The van der Waals surface area contributed by atoms with Gasteiger partial charge >= 0.3 is 0 Å². The van der Waals surface area contributed by atoms with E-state index in [0.29, 0.717) is 28.5 Å². The highest BCUT2D eigenvalue weighted by Gasteiger charge is 2.16. The number of fused-ring (bicyclic) bond motifs is 1. The molecule has 1 aromatic heterocycles. The minimum Gasteiger partial charge on any atom is -0.493 e. The third-order valence-electron chi connectivity index (χ3n) is 4.59. The first-order valence-corrected chi connectivity index (χ1v) is 10.0. The van der Waals surface area contributed by atoms with Crippen LogP contribution >= 0.6 is 11.3 Å². The molecule has 0 bridgehead atoms. The second-order valence-electron chi connectivity index (χ2n) is 6.44. The molecular formula is C23H20N2O4S. The summed E-state index contributed by atoms with van der Waals surface area (Å²) in [4.78, 5) is 17.5. The van der Waals surface area contributed by atoms with Gasteiger partial charge in [-0.05, 0) is 18.2 Å². The van der Waals surface area contributed by atoms with Gasteiger partial charge in [0.15, 0.2) is 11.5 Å². The van der Waals surface area contributed by atoms with Crippen LogP contribution in [0.25, 0.3) is 20.8 Å². The van der Waals surface area contributed by atoms with Crippen molar-refractivity contribution in [1.29, 1.82) is 0 Å². The first kappa shape index (κ1) is 19.7. The molecule has 6 nitrogen and oxygen atoms in total. The smallest absolute Gasteiger partial charge is 0.255 e. The Morgan fingerprint density at radius 1 is 0.900 bits per heavy atom. The van der Waals surface area contributed by atoms with Crippen molar-refractivity contribution in [2.45, 2.75) is 0 Å². The summed E-state index contributed by atoms with van der Waals surface area (Å²) in [6, 6.07) is 18.9. The van der Waals surface area contributed by atoms with Crippen molar-refractivity contribution >= 4 is 33.1 Å². The van der Waals surface area contributed by atoms with Crippen molar-refractivity contribution in [2.75, 3.05) is 26.6 Å². The molecule has 152 valence electrons. The number of nitrogens with one attached hydrogen (secondary N) is 1. The summed E-state index contributed by atoms with van der Waals surface area (Å²) in [6.45, 7) is 0. The van der Waals surface area contributed by atoms with Gasteiger partial charge in [0.05, 0.1) is 31.5 Å². The molecule has 1 heterocycles. The zero-order valence-corrected chi connectivity index (χ0v) is 17.6. The molecule has 30 heavy (non-hydrogen) atoms. The molecule has 7 heteroatoms. The van der Waals surface area contributed by atoms with Gasteiger partial charge in [-0.15, -0.1) is 11.3 Å². The summed E-state index contributed by atoms with van der Waals surface area (Å²) < 4.78 is 17.0. The monoisotopic (exact) mass is 420 g/mol. The molecule has 0 aliphatic rings. The Kier molecular flexibility index (Phi) is 5.54. The fraction of sp³-hybridized carbons (Fsp3) is 0.130. The Balaban J connectivity index is 1.62. The Bertz CT molecular complexity index is 1180. The fourth-order valence-electron chi connectivity index (χ4n) is 3.13. The predicted octanol–water partition coefficient (Wildman–Crippen LogP) is 5.24. The Morgan fingerprint density at radius 3 is 2.23 bits per heavy atom. The standard InChI is InChI=1S/C23H20N2O4S/c1-27-18-12-16(13-19(28-2)21(18)29-3)24-22(26)15-9-10-17-20(11-15)30-23(25-17)14-7-5-4-6-8-14/h4-13H,1-3H3,(H,24,26). The van der Waals surface area contributed by atoms with Crippen molar-refractivity contribution in [3.8, 4) is 27.8 Å². The van der Waals surface area contributed by atoms with Crippen molar-refractivity contribution in [3.63, 3.8) is 0 Å². The van der Waals surface area contributed by atoms with Gasteiger partial charge in [-0.1, -0.05) is 30.3 Å². The molecule has 1 amide bonds. The number of thiazole rings is 1. The van der Waals surface area contributed by atoms with Crippen molar-refractivity contribution in [1.82, 2.24) is 4.98 Å². The average molecular weight is 420 g/mol. The number of anilines is 1. The maximum atomic E-state index is 12.8. The van der Waals surface area contributed by atoms with E-state index in [1.165, 1.54) is 21.3 Å². The summed E-state index contributed by atoms with van der Waals surface area (Å²) in [5.41, 5.74) is 3.01. The molecule has 0 unspecified atom stereocenters. The van der Waals surface area contributed by atoms with E-state index < -0.39 is 0 Å². The van der Waals surface area contributed by atoms with Crippen molar-refractivity contribution in [3.05, 3.63) is 66.2 Å². The van der Waals surface area contributed by atoms with Crippen LogP contribution in [0.15, 0.2) is 60.7 Å². The van der Waals surface area contributed by atoms with E-state index in [2.05, 4.69) is 10.3 Å². The second kappa shape index (κ2) is 8.42. The molecule has 0 fully saturated rings. The number of carbonyl (C=O) groups is 1. The third-order valence-corrected chi connectivity index (χ3v) is 5.66. The molecule has 0 spiro atoms. The van der Waals surface area contributed by atoms with Gasteiger partial charge in [-0.25, -0.2) is 4.98 Å². The Hall–Kier alpha value is -3.58. The minimum atomic E-state index is -0.235. The lowest BCUT2D eigenvalue weighted by Gasteiger charge is -2.14. The van der Waals surface area contributed by atoms with Crippen LogP contribution in [0.4, 0.5) is 5.69 Å². The Morgan fingerprint density at radius 2 is 1.60 bits per heavy atom. The van der Waals surface area contributed by atoms with Crippen LogP contribution in [0.3, 0.4) is 0 Å². The number of benzene rings is 3. The second-order valence-corrected chi connectivity index (χ2v) is 7.47. The third kappa shape index (κ3) is 3.79. The number of hydrogen-bond donors (Lipinski definition) is 1. The number of aromatic nitrogens is 1. The molecular weight excluding hydrogens is 400 g/mol. The number of nitrogens with zero attached hydrogens (tertiary/aromatic N) is 1. The normalized spacial score (nSPS) is 10.6. The summed E-state index contributed by atoms with van der Waals surface area (Å²) in [5.74, 6) is 1.17. The molecule has 0 saturated heterocycles. The van der Waals surface area contributed by atoms with Crippen molar-refractivity contribution < 1.29 is 19.0 Å². The quantitative estimate of drug-likeness (QED) is 0.462. The van der Waals surface area contributed by atoms with Crippen LogP contribution in [-0.2, 0) is 0 Å². The largest absolute Gasteiger partial charge is 0.493 e. The number of methoxy groups -OCH3 is 3. The van der Waals surface area contributed by atoms with Crippen LogP contribution in [0, 0.1) is 0 Å². The number of ether oxygens (including phenoxy) is 3. The maximum absolute atomic E-state index is 12.8. The van der Waals surface area contributed by atoms with Crippen molar-refractivity contribution in [2.24, 2.45) is 0 Å². The van der Waals surface area contributed by atoms with E-state index in [4.69, 9.17) is 14.2 Å². The van der Waals surface area contributed by atoms with E-state index in [1.807, 2.05) is 42.5 Å². The topological polar surface area (TPSA) is 69.7 Å². The minimum absolute atomic E-state index is 0.235. The number of hydrogen-bond acceptors (Lipinski definition) is 6. The summed E-state index contributed by atoms with van der Waals surface area (Å²) in [6.07, 6.45) is 0. The molecule has 3 aromatic carbocycles. The van der Waals surface area contributed by atoms with Crippen LogP contribution < -0.4 is 19.5 Å². The summed E-state index contributed by atoms with van der Waals surface area (Å²) in [7, 11) is 4.60. The molecule has 1 N–H and O–H groups in total. The molecule has 0 aliphatic heterocycles. The first-order valence-electron chi connectivity index (χ1n) is 9.20. The van der Waals surface area contributed by atoms with Gasteiger partial charge in [-0.3, -0.25) is 4.79 Å². The van der Waals surface area contributed by atoms with E-state index in [-0.39, 0.29) is 5.91 Å². The number of carbonyl (C=O) groups excluding carboxylic acids is 1. The SMILES string of the molecule is COc1cc(NC(=O)c2ccc3nc(-c4ccccc4)sc3c2)cc(OC)c1OC. The van der Waals surface area contributed by atoms with Gasteiger partial charge in [0.1, 0.15) is 5.01 Å². The molecule has 4 aromatic rings. The first-order chi connectivity index (χ1) is 14.6. The predicted molar refractivity (Wildman–Crippen MR) is 119 cm³/mol. The lowest BCUT2D eigenvalue weighted by Crippen LogP contribution is -2.12. The molecule has 0 aliphatic carbocycles. The highest BCUT2D eigenvalue weighted by atomic mass is 32.1. The van der Waals surface area contributed by atoms with Crippen LogP contribution in [-0.4, -0.2) is 32.2 Å². The molecule has 0 radical (unpaired) electrons. The highest BCUT2D eigenvalue weighted by Crippen LogP contribution is 2.40.